The van der Waals surface area contributed by atoms with Crippen molar-refractivity contribution < 1.29 is 0 Å². The molecule has 0 aliphatic carbocycles. The second-order valence-corrected chi connectivity index (χ2v) is 6.06. The lowest BCUT2D eigenvalue weighted by Gasteiger charge is -2.27. The van der Waals surface area contributed by atoms with Crippen molar-refractivity contribution in [2.24, 2.45) is 0 Å². The number of likely N-dealkylation sites (tertiary alicyclic amines) is 1. The summed E-state index contributed by atoms with van der Waals surface area (Å²) in [5.41, 5.74) is 1.14. The quantitative estimate of drug-likeness (QED) is 0.833. The molecule has 1 fully saturated rings. The van der Waals surface area contributed by atoms with Crippen molar-refractivity contribution in [1.82, 2.24) is 9.80 Å². The molecule has 1 atom stereocenters. The minimum absolute atomic E-state index is 0.750. The van der Waals surface area contributed by atoms with Crippen LogP contribution in [-0.2, 0) is 0 Å². The molecule has 112 valence electrons. The Balaban J connectivity index is 1.67. The van der Waals surface area contributed by atoms with Crippen LogP contribution in [-0.4, -0.2) is 55.6 Å². The average molecular weight is 296 g/mol. The first-order valence-electron chi connectivity index (χ1n) is 7.61. The van der Waals surface area contributed by atoms with Crippen LogP contribution in [0.1, 0.15) is 19.8 Å². The van der Waals surface area contributed by atoms with Crippen LogP contribution in [0.15, 0.2) is 24.3 Å². The molecule has 20 heavy (non-hydrogen) atoms. The van der Waals surface area contributed by atoms with Gasteiger partial charge < -0.3 is 10.2 Å². The molecule has 0 amide bonds. The van der Waals surface area contributed by atoms with Crippen LogP contribution in [0.5, 0.6) is 0 Å². The summed E-state index contributed by atoms with van der Waals surface area (Å²) in [5, 5.41) is 4.22. The van der Waals surface area contributed by atoms with Gasteiger partial charge in [0.1, 0.15) is 0 Å². The van der Waals surface area contributed by atoms with Crippen LogP contribution in [0.2, 0.25) is 5.02 Å². The van der Waals surface area contributed by atoms with Gasteiger partial charge in [-0.15, -0.1) is 0 Å². The molecule has 0 saturated carbocycles. The number of rotatable bonds is 7. The Bertz CT molecular complexity index is 393. The van der Waals surface area contributed by atoms with Crippen molar-refractivity contribution in [3.63, 3.8) is 0 Å². The van der Waals surface area contributed by atoms with Gasteiger partial charge in [-0.3, -0.25) is 4.90 Å². The molecule has 2 rings (SSSR count). The summed E-state index contributed by atoms with van der Waals surface area (Å²) in [6.45, 7) is 7.93. The van der Waals surface area contributed by atoms with Gasteiger partial charge in [0.2, 0.25) is 0 Å². The van der Waals surface area contributed by atoms with E-state index < -0.39 is 0 Å². The predicted molar refractivity (Wildman–Crippen MR) is 87.7 cm³/mol. The normalized spacial score (nSPS) is 19.7. The van der Waals surface area contributed by atoms with Crippen LogP contribution < -0.4 is 5.32 Å². The number of likely N-dealkylation sites (N-methyl/N-ethyl adjacent to an activating group) is 2. The maximum Gasteiger partial charge on any atom is 0.0407 e. The maximum atomic E-state index is 5.88. The molecule has 0 bridgehead atoms. The smallest absolute Gasteiger partial charge is 0.0407 e. The van der Waals surface area contributed by atoms with Crippen molar-refractivity contribution in [2.45, 2.75) is 25.8 Å². The van der Waals surface area contributed by atoms with E-state index in [0.29, 0.717) is 0 Å². The highest BCUT2D eigenvalue weighted by Crippen LogP contribution is 2.17. The minimum Gasteiger partial charge on any atom is -0.384 e. The van der Waals surface area contributed by atoms with Gasteiger partial charge in [0.15, 0.2) is 0 Å². The van der Waals surface area contributed by atoms with Gasteiger partial charge in [-0.25, -0.2) is 0 Å². The van der Waals surface area contributed by atoms with Gasteiger partial charge in [0.05, 0.1) is 0 Å². The second-order valence-electron chi connectivity index (χ2n) is 5.62. The van der Waals surface area contributed by atoms with Gasteiger partial charge in [0, 0.05) is 36.4 Å². The zero-order chi connectivity index (χ0) is 14.4. The maximum absolute atomic E-state index is 5.88. The van der Waals surface area contributed by atoms with E-state index >= 15 is 0 Å². The van der Waals surface area contributed by atoms with Crippen LogP contribution in [0.3, 0.4) is 0 Å². The number of hydrogen-bond donors (Lipinski definition) is 1. The summed E-state index contributed by atoms with van der Waals surface area (Å²) in [6, 6.07) is 8.65. The van der Waals surface area contributed by atoms with Gasteiger partial charge in [-0.1, -0.05) is 18.5 Å². The van der Waals surface area contributed by atoms with Crippen molar-refractivity contribution in [2.75, 3.05) is 45.1 Å². The van der Waals surface area contributed by atoms with Crippen LogP contribution in [0.25, 0.3) is 0 Å². The van der Waals surface area contributed by atoms with Crippen LogP contribution in [0.4, 0.5) is 5.69 Å². The number of halogens is 1. The first-order valence-corrected chi connectivity index (χ1v) is 7.99. The summed E-state index contributed by atoms with van der Waals surface area (Å²) in [4.78, 5) is 5.03. The van der Waals surface area contributed by atoms with E-state index in [1.165, 1.54) is 32.5 Å². The Kier molecular flexibility index (Phi) is 6.14. The Hall–Kier alpha value is -0.770. The first-order chi connectivity index (χ1) is 9.69. The highest BCUT2D eigenvalue weighted by atomic mass is 35.5. The van der Waals surface area contributed by atoms with Gasteiger partial charge >= 0.3 is 0 Å². The lowest BCUT2D eigenvalue weighted by Crippen LogP contribution is -2.40. The lowest BCUT2D eigenvalue weighted by molar-refractivity contribution is 0.202. The Morgan fingerprint density at radius 3 is 2.80 bits per heavy atom. The summed E-state index contributed by atoms with van der Waals surface area (Å²) in [7, 11) is 2.22. The second kappa shape index (κ2) is 7.87. The molecule has 1 heterocycles. The van der Waals surface area contributed by atoms with E-state index in [0.717, 1.165) is 29.8 Å². The molecular formula is C16H26ClN3. The molecule has 1 aliphatic rings. The van der Waals surface area contributed by atoms with Crippen molar-refractivity contribution in [3.05, 3.63) is 29.3 Å². The highest BCUT2D eigenvalue weighted by molar-refractivity contribution is 6.30. The third kappa shape index (κ3) is 4.65. The van der Waals surface area contributed by atoms with Gasteiger partial charge in [0.25, 0.3) is 0 Å². The van der Waals surface area contributed by atoms with Crippen molar-refractivity contribution >= 4 is 17.3 Å². The first kappa shape index (κ1) is 15.6. The summed E-state index contributed by atoms with van der Waals surface area (Å²) >= 11 is 5.88. The van der Waals surface area contributed by atoms with E-state index in [9.17, 15) is 0 Å². The summed E-state index contributed by atoms with van der Waals surface area (Å²) in [5.74, 6) is 0. The fraction of sp³-hybridized carbons (Fsp3) is 0.625. The molecule has 1 aromatic carbocycles. The number of benzene rings is 1. The molecule has 1 aromatic rings. The monoisotopic (exact) mass is 295 g/mol. The number of hydrogen-bond acceptors (Lipinski definition) is 3. The SMILES string of the molecule is CCN1CCCC1CN(C)CCNc1ccc(Cl)cc1. The minimum atomic E-state index is 0.750. The van der Waals surface area contributed by atoms with E-state index in [4.69, 9.17) is 11.6 Å². The molecular weight excluding hydrogens is 270 g/mol. The molecule has 0 aromatic heterocycles. The Labute approximate surface area is 127 Å². The van der Waals surface area contributed by atoms with Gasteiger partial charge in [-0.05, 0) is 57.2 Å². The van der Waals surface area contributed by atoms with E-state index in [1.807, 2.05) is 24.3 Å². The molecule has 4 heteroatoms. The molecule has 0 radical (unpaired) electrons. The molecule has 1 N–H and O–H groups in total. The number of nitrogens with zero attached hydrogens (tertiary/aromatic N) is 2. The topological polar surface area (TPSA) is 18.5 Å². The lowest BCUT2D eigenvalue weighted by atomic mass is 10.2. The zero-order valence-corrected chi connectivity index (χ0v) is 13.4. The molecule has 1 aliphatic heterocycles. The van der Waals surface area contributed by atoms with Crippen molar-refractivity contribution in [3.8, 4) is 0 Å². The zero-order valence-electron chi connectivity index (χ0n) is 12.6. The molecule has 1 unspecified atom stereocenters. The fourth-order valence-corrected chi connectivity index (χ4v) is 3.05. The Morgan fingerprint density at radius 2 is 2.10 bits per heavy atom. The van der Waals surface area contributed by atoms with Crippen LogP contribution in [0, 0.1) is 0 Å². The molecule has 3 nitrogen and oxygen atoms in total. The van der Waals surface area contributed by atoms with E-state index in [2.05, 4.69) is 29.1 Å². The highest BCUT2D eigenvalue weighted by Gasteiger charge is 2.23. The predicted octanol–water partition coefficient (Wildman–Crippen LogP) is 3.17. The van der Waals surface area contributed by atoms with E-state index in [-0.39, 0.29) is 0 Å². The third-order valence-corrected chi connectivity index (χ3v) is 4.35. The van der Waals surface area contributed by atoms with Crippen molar-refractivity contribution in [1.29, 1.82) is 0 Å². The standard InChI is InChI=1S/C16H26ClN3/c1-3-20-11-4-5-16(20)13-19(2)12-10-18-15-8-6-14(17)7-9-15/h6-9,16,18H,3-5,10-13H2,1-2H3. The molecule has 1 saturated heterocycles. The van der Waals surface area contributed by atoms with Crippen LogP contribution >= 0.6 is 11.6 Å². The third-order valence-electron chi connectivity index (χ3n) is 4.09. The van der Waals surface area contributed by atoms with Gasteiger partial charge in [-0.2, -0.15) is 0 Å². The average Bonchev–Trinajstić information content (AvgIpc) is 2.88. The summed E-state index contributed by atoms with van der Waals surface area (Å²) < 4.78 is 0. The summed E-state index contributed by atoms with van der Waals surface area (Å²) in [6.07, 6.45) is 2.71. The number of nitrogens with one attached hydrogen (secondary N) is 1. The fourth-order valence-electron chi connectivity index (χ4n) is 2.93. The molecule has 0 spiro atoms. The van der Waals surface area contributed by atoms with E-state index in [1.54, 1.807) is 0 Å². The number of anilines is 1. The largest absolute Gasteiger partial charge is 0.384 e. The Morgan fingerprint density at radius 1 is 1.35 bits per heavy atom.